The number of carbonyl (C=O) groups is 1. The maximum atomic E-state index is 12.5. The van der Waals surface area contributed by atoms with Crippen LogP contribution >= 0.6 is 0 Å². The van der Waals surface area contributed by atoms with Gasteiger partial charge in [0.25, 0.3) is 5.91 Å². The molecule has 1 aromatic heterocycles. The van der Waals surface area contributed by atoms with Crippen molar-refractivity contribution in [2.45, 2.75) is 25.7 Å². The third-order valence-electron chi connectivity index (χ3n) is 6.58. The summed E-state index contributed by atoms with van der Waals surface area (Å²) in [6.07, 6.45) is 6.38. The molecule has 0 spiro atoms. The number of aromatic nitrogens is 1. The van der Waals surface area contributed by atoms with Crippen LogP contribution in [0.5, 0.6) is 0 Å². The number of allylic oxidation sites excluding steroid dienone is 2. The van der Waals surface area contributed by atoms with E-state index in [0.717, 1.165) is 59.4 Å². The molecule has 176 valence electrons. The molecular formula is C31H30N2O2. The Bertz CT molecular complexity index is 1280. The lowest BCUT2D eigenvalue weighted by Crippen LogP contribution is -2.21. The van der Waals surface area contributed by atoms with Crippen molar-refractivity contribution in [2.24, 2.45) is 5.92 Å². The Morgan fingerprint density at radius 1 is 0.943 bits per heavy atom. The summed E-state index contributed by atoms with van der Waals surface area (Å²) in [4.78, 5) is 19.1. The number of carbonyl (C=O) groups excluding carboxylic acids is 1. The first kappa shape index (κ1) is 22.9. The lowest BCUT2D eigenvalue weighted by Gasteiger charge is -2.23. The van der Waals surface area contributed by atoms with Crippen molar-refractivity contribution < 1.29 is 9.21 Å². The number of benzene rings is 3. The van der Waals surface area contributed by atoms with E-state index in [9.17, 15) is 4.79 Å². The quantitative estimate of drug-likeness (QED) is 0.306. The molecular weight excluding hydrogens is 432 g/mol. The number of hydrogen-bond donors (Lipinski definition) is 0. The Kier molecular flexibility index (Phi) is 6.62. The number of hydrogen-bond acceptors (Lipinski definition) is 3. The van der Waals surface area contributed by atoms with Crippen LogP contribution in [0.3, 0.4) is 0 Å². The summed E-state index contributed by atoms with van der Waals surface area (Å²) < 4.78 is 6.52. The third kappa shape index (κ3) is 4.97. The van der Waals surface area contributed by atoms with Gasteiger partial charge in [-0.2, -0.15) is 0 Å². The average molecular weight is 463 g/mol. The molecule has 0 bridgehead atoms. The van der Waals surface area contributed by atoms with Crippen LogP contribution in [0.1, 0.15) is 41.1 Å². The first-order valence-corrected chi connectivity index (χ1v) is 12.2. The first-order chi connectivity index (χ1) is 17.1. The molecule has 0 saturated heterocycles. The fraction of sp³-hybridized carbons (Fsp3) is 0.226. The van der Waals surface area contributed by atoms with Gasteiger partial charge in [0.1, 0.15) is 5.69 Å². The molecule has 1 unspecified atom stereocenters. The fourth-order valence-corrected chi connectivity index (χ4v) is 4.81. The van der Waals surface area contributed by atoms with Crippen LogP contribution in [0.2, 0.25) is 0 Å². The van der Waals surface area contributed by atoms with Crippen molar-refractivity contribution in [1.29, 1.82) is 0 Å². The molecule has 1 aliphatic carbocycles. The van der Waals surface area contributed by atoms with Gasteiger partial charge in [0.15, 0.2) is 5.76 Å². The highest BCUT2D eigenvalue weighted by Crippen LogP contribution is 2.40. The van der Waals surface area contributed by atoms with E-state index in [1.165, 1.54) is 5.57 Å². The van der Waals surface area contributed by atoms with Crippen LogP contribution in [0.4, 0.5) is 0 Å². The SMILES string of the molecule is CN(C)C(=O)c1cccc(CC2CCCC=C2c2nc(-c3ccccc3)c(-c3ccccc3)o2)c1. The lowest BCUT2D eigenvalue weighted by molar-refractivity contribution is 0.0827. The highest BCUT2D eigenvalue weighted by molar-refractivity contribution is 5.94. The monoisotopic (exact) mass is 462 g/mol. The fourth-order valence-electron chi connectivity index (χ4n) is 4.81. The van der Waals surface area contributed by atoms with Gasteiger partial charge in [-0.05, 0) is 49.3 Å². The van der Waals surface area contributed by atoms with Crippen molar-refractivity contribution in [1.82, 2.24) is 9.88 Å². The van der Waals surface area contributed by atoms with Crippen LogP contribution in [-0.4, -0.2) is 29.9 Å². The smallest absolute Gasteiger partial charge is 0.253 e. The van der Waals surface area contributed by atoms with E-state index < -0.39 is 0 Å². The first-order valence-electron chi connectivity index (χ1n) is 12.2. The predicted molar refractivity (Wildman–Crippen MR) is 141 cm³/mol. The summed E-state index contributed by atoms with van der Waals surface area (Å²) in [6.45, 7) is 0. The highest BCUT2D eigenvalue weighted by Gasteiger charge is 2.26. The molecule has 4 aromatic rings. The van der Waals surface area contributed by atoms with E-state index in [4.69, 9.17) is 9.40 Å². The Morgan fingerprint density at radius 2 is 1.66 bits per heavy atom. The molecule has 0 aliphatic heterocycles. The average Bonchev–Trinajstić information content (AvgIpc) is 3.35. The molecule has 0 saturated carbocycles. The zero-order valence-corrected chi connectivity index (χ0v) is 20.3. The minimum Gasteiger partial charge on any atom is -0.436 e. The molecule has 35 heavy (non-hydrogen) atoms. The van der Waals surface area contributed by atoms with Gasteiger partial charge in [-0.25, -0.2) is 4.98 Å². The summed E-state index contributed by atoms with van der Waals surface area (Å²) in [5.41, 5.74) is 5.99. The topological polar surface area (TPSA) is 46.3 Å². The molecule has 1 aliphatic rings. The zero-order chi connectivity index (χ0) is 24.2. The Morgan fingerprint density at radius 3 is 2.37 bits per heavy atom. The number of nitrogens with zero attached hydrogens (tertiary/aromatic N) is 2. The van der Waals surface area contributed by atoms with Gasteiger partial charge in [-0.15, -0.1) is 0 Å². The number of amides is 1. The van der Waals surface area contributed by atoms with E-state index >= 15 is 0 Å². The number of oxazole rings is 1. The third-order valence-corrected chi connectivity index (χ3v) is 6.58. The van der Waals surface area contributed by atoms with Gasteiger partial charge in [-0.3, -0.25) is 4.79 Å². The van der Waals surface area contributed by atoms with Crippen molar-refractivity contribution in [2.75, 3.05) is 14.1 Å². The van der Waals surface area contributed by atoms with E-state index in [1.54, 1.807) is 19.0 Å². The second-order valence-electron chi connectivity index (χ2n) is 9.32. The molecule has 1 heterocycles. The molecule has 0 radical (unpaired) electrons. The normalized spacial score (nSPS) is 15.5. The van der Waals surface area contributed by atoms with E-state index in [0.29, 0.717) is 11.8 Å². The standard InChI is InChI=1S/C31H30N2O2/c1-33(2)31(34)26-18-11-12-22(21-26)20-25-17-9-10-19-27(25)30-32-28(23-13-5-3-6-14-23)29(35-30)24-15-7-4-8-16-24/h3-8,11-16,18-19,21,25H,9-10,17,20H2,1-2H3. The molecule has 1 atom stereocenters. The van der Waals surface area contributed by atoms with E-state index in [-0.39, 0.29) is 5.91 Å². The van der Waals surface area contributed by atoms with Crippen LogP contribution in [0.15, 0.2) is 95.4 Å². The second kappa shape index (κ2) is 10.1. The Hall–Kier alpha value is -3.92. The van der Waals surface area contributed by atoms with Crippen molar-refractivity contribution in [3.63, 3.8) is 0 Å². The highest BCUT2D eigenvalue weighted by atomic mass is 16.4. The van der Waals surface area contributed by atoms with Crippen LogP contribution < -0.4 is 0 Å². The molecule has 4 heteroatoms. The largest absolute Gasteiger partial charge is 0.436 e. The molecule has 3 aromatic carbocycles. The van der Waals surface area contributed by atoms with Crippen LogP contribution in [0.25, 0.3) is 28.2 Å². The molecule has 0 N–H and O–H groups in total. The summed E-state index contributed by atoms with van der Waals surface area (Å²) in [5, 5.41) is 0. The molecule has 0 fully saturated rings. The Labute approximate surface area is 206 Å². The summed E-state index contributed by atoms with van der Waals surface area (Å²) in [5.74, 6) is 1.82. The lowest BCUT2D eigenvalue weighted by atomic mass is 9.83. The predicted octanol–water partition coefficient (Wildman–Crippen LogP) is 7.14. The molecule has 1 amide bonds. The molecule has 4 nitrogen and oxygen atoms in total. The van der Waals surface area contributed by atoms with Crippen LogP contribution in [0, 0.1) is 5.92 Å². The minimum absolute atomic E-state index is 0.0268. The summed E-state index contributed by atoms with van der Waals surface area (Å²) >= 11 is 0. The van der Waals surface area contributed by atoms with Gasteiger partial charge in [-0.1, -0.05) is 78.9 Å². The number of rotatable bonds is 6. The zero-order valence-electron chi connectivity index (χ0n) is 20.3. The van der Waals surface area contributed by atoms with Crippen LogP contribution in [-0.2, 0) is 6.42 Å². The summed E-state index contributed by atoms with van der Waals surface area (Å²) in [7, 11) is 3.57. The van der Waals surface area contributed by atoms with Gasteiger partial charge < -0.3 is 9.32 Å². The summed E-state index contributed by atoms with van der Waals surface area (Å²) in [6, 6.07) is 28.4. The van der Waals surface area contributed by atoms with E-state index in [2.05, 4.69) is 36.4 Å². The van der Waals surface area contributed by atoms with Gasteiger partial charge in [0.05, 0.1) is 0 Å². The van der Waals surface area contributed by atoms with Gasteiger partial charge in [0, 0.05) is 36.4 Å². The maximum absolute atomic E-state index is 12.5. The second-order valence-corrected chi connectivity index (χ2v) is 9.32. The molecule has 5 rings (SSSR count). The van der Waals surface area contributed by atoms with Crippen molar-refractivity contribution in [3.05, 3.63) is 108 Å². The van der Waals surface area contributed by atoms with Crippen molar-refractivity contribution in [3.8, 4) is 22.6 Å². The minimum atomic E-state index is 0.0268. The van der Waals surface area contributed by atoms with Gasteiger partial charge in [0.2, 0.25) is 5.89 Å². The van der Waals surface area contributed by atoms with Gasteiger partial charge >= 0.3 is 0 Å². The maximum Gasteiger partial charge on any atom is 0.253 e. The Balaban J connectivity index is 1.50. The van der Waals surface area contributed by atoms with E-state index in [1.807, 2.05) is 54.6 Å². The van der Waals surface area contributed by atoms with Crippen molar-refractivity contribution >= 4 is 11.5 Å².